The van der Waals surface area contributed by atoms with Crippen LogP contribution < -0.4 is 15.1 Å². The molecular weight excluding hydrogens is 459 g/mol. The number of hydrogen-bond acceptors (Lipinski definition) is 6. The van der Waals surface area contributed by atoms with Crippen molar-refractivity contribution in [3.05, 3.63) is 59.3 Å². The quantitative estimate of drug-likeness (QED) is 0.482. The molecule has 3 aromatic rings. The number of nitrogens with one attached hydrogen (secondary N) is 1. The minimum Gasteiger partial charge on any atom is -0.350 e. The summed E-state index contributed by atoms with van der Waals surface area (Å²) < 4.78 is 41.6. The first-order valence-corrected chi connectivity index (χ1v) is 11.6. The Labute approximate surface area is 201 Å². The zero-order valence-electron chi connectivity index (χ0n) is 20.1. The molecule has 3 heterocycles. The molecule has 0 aliphatic carbocycles. The molecule has 0 bridgehead atoms. The Morgan fingerprint density at radius 3 is 2.37 bits per heavy atom. The SMILES string of the molecule is CCN1C(=O)[C@](C)(CC)N(CC)c2nc(NCc3cnn(Cc4cc(F)c(F)c(F)c4)c3)ncc21. The van der Waals surface area contributed by atoms with Crippen LogP contribution in [0.5, 0.6) is 0 Å². The third-order valence-corrected chi connectivity index (χ3v) is 6.44. The molecule has 0 unspecified atom stereocenters. The van der Waals surface area contributed by atoms with Crippen LogP contribution >= 0.6 is 0 Å². The molecule has 2 aromatic heterocycles. The minimum absolute atomic E-state index is 0.0366. The van der Waals surface area contributed by atoms with Crippen LogP contribution in [0.2, 0.25) is 0 Å². The highest BCUT2D eigenvalue weighted by Gasteiger charge is 2.46. The molecule has 0 saturated carbocycles. The van der Waals surface area contributed by atoms with E-state index in [1.54, 1.807) is 23.5 Å². The Bertz CT molecular complexity index is 1220. The van der Waals surface area contributed by atoms with Gasteiger partial charge in [0, 0.05) is 31.4 Å². The number of halogens is 3. The molecule has 8 nitrogen and oxygen atoms in total. The fourth-order valence-electron chi connectivity index (χ4n) is 4.40. The van der Waals surface area contributed by atoms with Gasteiger partial charge in [-0.25, -0.2) is 18.2 Å². The fourth-order valence-corrected chi connectivity index (χ4v) is 4.40. The third kappa shape index (κ3) is 4.42. The standard InChI is InChI=1S/C24H28F3N7O/c1-5-24(4)22(35)33(6-2)19-12-29-23(31-21(19)34(24)7-3)28-10-16-11-30-32(14-16)13-15-8-17(25)20(27)18(26)9-15/h8-9,11-12,14H,5-7,10,13H2,1-4H3,(H,28,29,31)/t24-/m0/s1. The summed E-state index contributed by atoms with van der Waals surface area (Å²) in [5, 5.41) is 7.38. The van der Waals surface area contributed by atoms with Crippen molar-refractivity contribution in [2.75, 3.05) is 28.2 Å². The third-order valence-electron chi connectivity index (χ3n) is 6.44. The van der Waals surface area contributed by atoms with E-state index in [1.165, 1.54) is 4.68 Å². The highest BCUT2D eigenvalue weighted by atomic mass is 19.2. The van der Waals surface area contributed by atoms with E-state index < -0.39 is 23.0 Å². The Morgan fingerprint density at radius 1 is 1.03 bits per heavy atom. The van der Waals surface area contributed by atoms with E-state index >= 15 is 0 Å². The molecule has 0 fully saturated rings. The maximum atomic E-state index is 13.5. The van der Waals surface area contributed by atoms with Crippen molar-refractivity contribution in [2.24, 2.45) is 0 Å². The van der Waals surface area contributed by atoms with Crippen molar-refractivity contribution in [1.82, 2.24) is 19.7 Å². The molecule has 35 heavy (non-hydrogen) atoms. The average molecular weight is 488 g/mol. The van der Waals surface area contributed by atoms with Crippen molar-refractivity contribution >= 4 is 23.4 Å². The van der Waals surface area contributed by atoms with Gasteiger partial charge in [-0.3, -0.25) is 9.48 Å². The Morgan fingerprint density at radius 2 is 1.74 bits per heavy atom. The zero-order valence-corrected chi connectivity index (χ0v) is 20.1. The van der Waals surface area contributed by atoms with Gasteiger partial charge in [-0.15, -0.1) is 0 Å². The molecule has 0 radical (unpaired) electrons. The lowest BCUT2D eigenvalue weighted by Gasteiger charge is -2.47. The highest BCUT2D eigenvalue weighted by molar-refractivity contribution is 6.07. The first kappa shape index (κ1) is 24.5. The first-order valence-electron chi connectivity index (χ1n) is 11.6. The van der Waals surface area contributed by atoms with Crippen LogP contribution in [0.15, 0.2) is 30.7 Å². The van der Waals surface area contributed by atoms with E-state index in [1.807, 2.05) is 32.6 Å². The van der Waals surface area contributed by atoms with Crippen molar-refractivity contribution in [2.45, 2.75) is 52.7 Å². The number of rotatable bonds is 8. The van der Waals surface area contributed by atoms with Gasteiger partial charge in [-0.05, 0) is 44.9 Å². The lowest BCUT2D eigenvalue weighted by molar-refractivity contribution is -0.123. The van der Waals surface area contributed by atoms with Gasteiger partial charge in [0.25, 0.3) is 5.91 Å². The van der Waals surface area contributed by atoms with Crippen LogP contribution in [0, 0.1) is 17.5 Å². The van der Waals surface area contributed by atoms with Gasteiger partial charge in [0.2, 0.25) is 5.95 Å². The summed E-state index contributed by atoms with van der Waals surface area (Å²) in [6.07, 6.45) is 5.63. The Hall–Kier alpha value is -3.63. The summed E-state index contributed by atoms with van der Waals surface area (Å²) in [5.74, 6) is -2.82. The van der Waals surface area contributed by atoms with Crippen LogP contribution in [0.4, 0.5) is 30.6 Å². The second-order valence-corrected chi connectivity index (χ2v) is 8.60. The maximum absolute atomic E-state index is 13.5. The van der Waals surface area contributed by atoms with Crippen LogP contribution in [0.1, 0.15) is 45.2 Å². The lowest BCUT2D eigenvalue weighted by Crippen LogP contribution is -2.62. The largest absolute Gasteiger partial charge is 0.350 e. The minimum atomic E-state index is -1.49. The Balaban J connectivity index is 1.51. The normalized spacial score (nSPS) is 17.6. The van der Waals surface area contributed by atoms with E-state index in [2.05, 4.69) is 15.4 Å². The van der Waals surface area contributed by atoms with Gasteiger partial charge in [-0.2, -0.15) is 10.1 Å². The van der Waals surface area contributed by atoms with Gasteiger partial charge in [0.15, 0.2) is 23.3 Å². The molecule has 1 N–H and O–H groups in total. The molecule has 0 saturated heterocycles. The zero-order chi connectivity index (χ0) is 25.3. The summed E-state index contributed by atoms with van der Waals surface area (Å²) in [7, 11) is 0. The number of likely N-dealkylation sites (N-methyl/N-ethyl adjacent to an activating group) is 2. The lowest BCUT2D eigenvalue weighted by atomic mass is 9.91. The number of carbonyl (C=O) groups is 1. The van der Waals surface area contributed by atoms with Gasteiger partial charge in [0.1, 0.15) is 11.2 Å². The predicted octanol–water partition coefficient (Wildman–Crippen LogP) is 4.11. The summed E-state index contributed by atoms with van der Waals surface area (Å²) in [6, 6.07) is 1.90. The van der Waals surface area contributed by atoms with Crippen molar-refractivity contribution in [1.29, 1.82) is 0 Å². The second kappa shape index (κ2) is 9.55. The molecule has 1 aliphatic heterocycles. The summed E-state index contributed by atoms with van der Waals surface area (Å²) in [4.78, 5) is 26.0. The number of nitrogens with zero attached hydrogens (tertiary/aromatic N) is 6. The topological polar surface area (TPSA) is 79.2 Å². The molecule has 1 amide bonds. The maximum Gasteiger partial charge on any atom is 0.252 e. The number of fused-ring (bicyclic) bond motifs is 1. The van der Waals surface area contributed by atoms with E-state index in [4.69, 9.17) is 4.98 Å². The first-order chi connectivity index (χ1) is 16.7. The van der Waals surface area contributed by atoms with Gasteiger partial charge in [0.05, 0.1) is 18.9 Å². The predicted molar refractivity (Wildman–Crippen MR) is 127 cm³/mol. The number of aromatic nitrogens is 4. The van der Waals surface area contributed by atoms with E-state index in [-0.39, 0.29) is 18.0 Å². The molecule has 4 rings (SSSR count). The molecule has 1 aromatic carbocycles. The molecule has 0 spiro atoms. The molecule has 186 valence electrons. The summed E-state index contributed by atoms with van der Waals surface area (Å²) >= 11 is 0. The van der Waals surface area contributed by atoms with Gasteiger partial charge in [-0.1, -0.05) is 6.92 Å². The number of anilines is 3. The average Bonchev–Trinajstić information content (AvgIpc) is 3.29. The number of hydrogen-bond donors (Lipinski definition) is 1. The summed E-state index contributed by atoms with van der Waals surface area (Å²) in [6.45, 7) is 9.44. The smallest absolute Gasteiger partial charge is 0.252 e. The monoisotopic (exact) mass is 487 g/mol. The van der Waals surface area contributed by atoms with Crippen molar-refractivity contribution < 1.29 is 18.0 Å². The molecular formula is C24H28F3N7O. The van der Waals surface area contributed by atoms with Crippen molar-refractivity contribution in [3.63, 3.8) is 0 Å². The van der Waals surface area contributed by atoms with Crippen molar-refractivity contribution in [3.8, 4) is 0 Å². The number of benzene rings is 1. The van der Waals surface area contributed by atoms with Gasteiger partial charge >= 0.3 is 0 Å². The highest BCUT2D eigenvalue weighted by Crippen LogP contribution is 2.40. The molecule has 1 aliphatic rings. The van der Waals surface area contributed by atoms with E-state index in [0.717, 1.165) is 17.7 Å². The van der Waals surface area contributed by atoms with Crippen LogP contribution in [0.3, 0.4) is 0 Å². The number of carbonyl (C=O) groups excluding carboxylic acids is 1. The van der Waals surface area contributed by atoms with E-state index in [0.29, 0.717) is 43.5 Å². The number of amides is 1. The second-order valence-electron chi connectivity index (χ2n) is 8.60. The summed E-state index contributed by atoms with van der Waals surface area (Å²) in [5.41, 5.74) is 1.05. The van der Waals surface area contributed by atoms with Gasteiger partial charge < -0.3 is 15.1 Å². The molecule has 11 heteroatoms. The van der Waals surface area contributed by atoms with Crippen LogP contribution in [-0.2, 0) is 17.9 Å². The fraction of sp³-hybridized carbons (Fsp3) is 0.417. The van der Waals surface area contributed by atoms with Crippen LogP contribution in [-0.4, -0.2) is 44.3 Å². The van der Waals surface area contributed by atoms with E-state index in [9.17, 15) is 18.0 Å². The van der Waals surface area contributed by atoms with Crippen LogP contribution in [0.25, 0.3) is 0 Å². The Kier molecular flexibility index (Phi) is 6.68. The molecule has 1 atom stereocenters.